The van der Waals surface area contributed by atoms with Gasteiger partial charge in [0.05, 0.1) is 36.3 Å². The van der Waals surface area contributed by atoms with E-state index in [-0.39, 0.29) is 17.6 Å². The maximum atomic E-state index is 12.0. The van der Waals surface area contributed by atoms with E-state index in [9.17, 15) is 9.90 Å². The quantitative estimate of drug-likeness (QED) is 0.604. The van der Waals surface area contributed by atoms with Gasteiger partial charge in [-0.15, -0.1) is 0 Å². The SMILES string of the molecule is CC(C)(C)Cc1nc2cc(ONOC3CN(C(=O)OC(C)(C)C)C3)ccc2n1CC(C)(C)O. The third-order valence-electron chi connectivity index (χ3n) is 4.91. The molecule has 9 heteroatoms. The average Bonchev–Trinajstić information content (AvgIpc) is 2.88. The van der Waals surface area contributed by atoms with E-state index in [0.29, 0.717) is 25.4 Å². The summed E-state index contributed by atoms with van der Waals surface area (Å²) in [7, 11) is 0. The minimum Gasteiger partial charge on any atom is -0.444 e. The summed E-state index contributed by atoms with van der Waals surface area (Å²) in [6.45, 7) is 16.9. The van der Waals surface area contributed by atoms with Crippen LogP contribution in [-0.2, 0) is 22.5 Å². The number of rotatable bonds is 7. The second-order valence-corrected chi connectivity index (χ2v) is 11.6. The van der Waals surface area contributed by atoms with E-state index in [2.05, 4.69) is 31.0 Å². The van der Waals surface area contributed by atoms with Crippen molar-refractivity contribution in [2.75, 3.05) is 13.1 Å². The van der Waals surface area contributed by atoms with Crippen molar-refractivity contribution in [2.24, 2.45) is 5.41 Å². The first-order valence-electron chi connectivity index (χ1n) is 11.4. The molecule has 9 nitrogen and oxygen atoms in total. The highest BCUT2D eigenvalue weighted by atomic mass is 16.9. The van der Waals surface area contributed by atoms with E-state index in [0.717, 1.165) is 23.3 Å². The molecule has 0 radical (unpaired) electrons. The van der Waals surface area contributed by atoms with Gasteiger partial charge in [0.15, 0.2) is 5.75 Å². The van der Waals surface area contributed by atoms with Crippen LogP contribution in [0.2, 0.25) is 0 Å². The Morgan fingerprint density at radius 1 is 1.15 bits per heavy atom. The average molecular weight is 463 g/mol. The molecular formula is C24H38N4O5. The van der Waals surface area contributed by atoms with Crippen molar-refractivity contribution >= 4 is 17.1 Å². The smallest absolute Gasteiger partial charge is 0.410 e. The molecule has 0 spiro atoms. The highest BCUT2D eigenvalue weighted by molar-refractivity contribution is 5.78. The topological polar surface area (TPSA) is 98.1 Å². The van der Waals surface area contributed by atoms with Crippen LogP contribution in [0.25, 0.3) is 11.0 Å². The number of amides is 1. The molecule has 184 valence electrons. The Kier molecular flexibility index (Phi) is 6.98. The van der Waals surface area contributed by atoms with Gasteiger partial charge in [-0.1, -0.05) is 20.8 Å². The summed E-state index contributed by atoms with van der Waals surface area (Å²) in [6.07, 6.45) is 0.262. The Morgan fingerprint density at radius 2 is 1.82 bits per heavy atom. The van der Waals surface area contributed by atoms with Crippen LogP contribution in [0.4, 0.5) is 4.79 Å². The van der Waals surface area contributed by atoms with Crippen molar-refractivity contribution in [3.8, 4) is 5.75 Å². The fourth-order valence-corrected chi connectivity index (χ4v) is 3.52. The molecule has 1 saturated heterocycles. The monoisotopic (exact) mass is 462 g/mol. The molecule has 0 bridgehead atoms. The summed E-state index contributed by atoms with van der Waals surface area (Å²) in [4.78, 5) is 29.4. The Morgan fingerprint density at radius 3 is 2.39 bits per heavy atom. The summed E-state index contributed by atoms with van der Waals surface area (Å²) in [5.74, 6) is 1.48. The Bertz CT molecular complexity index is 976. The van der Waals surface area contributed by atoms with E-state index >= 15 is 0 Å². The number of imidazole rings is 1. The minimum absolute atomic E-state index is 0.0589. The Balaban J connectivity index is 1.59. The van der Waals surface area contributed by atoms with Gasteiger partial charge >= 0.3 is 6.09 Å². The first-order chi connectivity index (χ1) is 15.1. The first-order valence-corrected chi connectivity index (χ1v) is 11.4. The molecule has 1 amide bonds. The number of likely N-dealkylation sites (tertiary alicyclic amines) is 1. The van der Waals surface area contributed by atoms with Crippen LogP contribution < -0.4 is 10.5 Å². The number of hydrogen-bond donors (Lipinski definition) is 2. The Hall–Kier alpha value is -2.36. The van der Waals surface area contributed by atoms with Crippen molar-refractivity contribution in [1.29, 1.82) is 0 Å². The van der Waals surface area contributed by atoms with Gasteiger partial charge in [0.2, 0.25) is 0 Å². The summed E-state index contributed by atoms with van der Waals surface area (Å²) >= 11 is 0. The number of carbonyl (C=O) groups is 1. The van der Waals surface area contributed by atoms with Crippen LogP contribution in [0.1, 0.15) is 61.2 Å². The van der Waals surface area contributed by atoms with E-state index in [4.69, 9.17) is 19.4 Å². The molecule has 1 aromatic carbocycles. The molecule has 0 unspecified atom stereocenters. The van der Waals surface area contributed by atoms with Crippen LogP contribution in [0.3, 0.4) is 0 Å². The van der Waals surface area contributed by atoms with Crippen LogP contribution in [0.15, 0.2) is 18.2 Å². The minimum atomic E-state index is -0.860. The van der Waals surface area contributed by atoms with E-state index in [1.54, 1.807) is 18.7 Å². The van der Waals surface area contributed by atoms with Crippen molar-refractivity contribution in [3.05, 3.63) is 24.0 Å². The highest BCUT2D eigenvalue weighted by Crippen LogP contribution is 2.28. The lowest BCUT2D eigenvalue weighted by Gasteiger charge is -2.38. The fourth-order valence-electron chi connectivity index (χ4n) is 3.52. The van der Waals surface area contributed by atoms with Gasteiger partial charge in [-0.3, -0.25) is 4.84 Å². The Labute approximate surface area is 195 Å². The second-order valence-electron chi connectivity index (χ2n) is 11.6. The molecule has 0 aliphatic carbocycles. The van der Waals surface area contributed by atoms with Crippen molar-refractivity contribution in [1.82, 2.24) is 20.1 Å². The lowest BCUT2D eigenvalue weighted by molar-refractivity contribution is -0.179. The summed E-state index contributed by atoms with van der Waals surface area (Å²) in [5, 5.41) is 10.4. The third kappa shape index (κ3) is 7.31. The van der Waals surface area contributed by atoms with E-state index < -0.39 is 11.2 Å². The standard InChI is InChI=1S/C24H38N4O5/c1-22(2,3)12-20-25-18-11-16(9-10-19(18)28(20)15-24(7,8)30)32-26-33-17-13-27(14-17)21(29)31-23(4,5)6/h9-11,17,26,30H,12-15H2,1-8H3. The molecule has 0 saturated carbocycles. The van der Waals surface area contributed by atoms with Crippen molar-refractivity contribution in [2.45, 2.75) is 85.7 Å². The summed E-state index contributed by atoms with van der Waals surface area (Å²) in [5.41, 5.74) is 2.93. The number of aromatic nitrogens is 2. The molecule has 2 aromatic rings. The number of fused-ring (bicyclic) bond motifs is 1. The zero-order chi connectivity index (χ0) is 24.6. The van der Waals surface area contributed by atoms with Gasteiger partial charge in [-0.25, -0.2) is 9.78 Å². The maximum absolute atomic E-state index is 12.0. The predicted molar refractivity (Wildman–Crippen MR) is 126 cm³/mol. The number of benzene rings is 1. The predicted octanol–water partition coefficient (Wildman–Crippen LogP) is 3.83. The number of nitrogens with zero attached hydrogens (tertiary/aromatic N) is 3. The molecule has 1 aliphatic heterocycles. The number of ether oxygens (including phenoxy) is 1. The third-order valence-corrected chi connectivity index (χ3v) is 4.91. The number of nitrogens with one attached hydrogen (secondary N) is 1. The van der Waals surface area contributed by atoms with Crippen molar-refractivity contribution in [3.63, 3.8) is 0 Å². The van der Waals surface area contributed by atoms with Gasteiger partial charge < -0.3 is 24.1 Å². The molecule has 1 fully saturated rings. The molecular weight excluding hydrogens is 424 g/mol. The molecule has 2 heterocycles. The maximum Gasteiger partial charge on any atom is 0.410 e. The molecule has 1 aromatic heterocycles. The normalized spacial score (nSPS) is 15.6. The molecule has 33 heavy (non-hydrogen) atoms. The van der Waals surface area contributed by atoms with Gasteiger partial charge in [0, 0.05) is 12.5 Å². The van der Waals surface area contributed by atoms with Gasteiger partial charge in [-0.2, -0.15) is 0 Å². The molecule has 2 N–H and O–H groups in total. The molecule has 3 rings (SSSR count). The summed E-state index contributed by atoms with van der Waals surface area (Å²) < 4.78 is 7.41. The van der Waals surface area contributed by atoms with Gasteiger partial charge in [-0.05, 0) is 57.8 Å². The second kappa shape index (κ2) is 9.12. The van der Waals surface area contributed by atoms with Gasteiger partial charge in [0.25, 0.3) is 0 Å². The highest BCUT2D eigenvalue weighted by Gasteiger charge is 2.35. The molecule has 0 atom stereocenters. The zero-order valence-electron chi connectivity index (χ0n) is 21.1. The number of aliphatic hydroxyl groups is 1. The van der Waals surface area contributed by atoms with Crippen LogP contribution in [0.5, 0.6) is 5.75 Å². The summed E-state index contributed by atoms with van der Waals surface area (Å²) in [6, 6.07) is 5.60. The number of carbonyl (C=O) groups excluding carboxylic acids is 1. The zero-order valence-corrected chi connectivity index (χ0v) is 21.1. The molecule has 1 aliphatic rings. The lowest BCUT2D eigenvalue weighted by Crippen LogP contribution is -2.57. The first kappa shape index (κ1) is 25.3. The van der Waals surface area contributed by atoms with Crippen molar-refractivity contribution < 1.29 is 24.3 Å². The van der Waals surface area contributed by atoms with E-state index in [1.165, 1.54) is 0 Å². The van der Waals surface area contributed by atoms with E-state index in [1.807, 2.05) is 39.0 Å². The van der Waals surface area contributed by atoms with Crippen LogP contribution in [0, 0.1) is 5.41 Å². The largest absolute Gasteiger partial charge is 0.444 e. The fraction of sp³-hybridized carbons (Fsp3) is 0.667. The van der Waals surface area contributed by atoms with Crippen LogP contribution >= 0.6 is 0 Å². The lowest BCUT2D eigenvalue weighted by atomic mass is 9.92. The number of hydrogen-bond acceptors (Lipinski definition) is 7. The van der Waals surface area contributed by atoms with Gasteiger partial charge in [0.1, 0.15) is 17.5 Å². The van der Waals surface area contributed by atoms with Crippen LogP contribution in [-0.4, -0.2) is 56.0 Å².